The Hall–Kier alpha value is -0.0400. The van der Waals surface area contributed by atoms with Crippen LogP contribution in [0.1, 0.15) is 23.7 Å². The molecular weight excluding hydrogens is 398 g/mol. The molecule has 0 saturated carbocycles. The number of hydrogen-bond donors (Lipinski definition) is 2. The van der Waals surface area contributed by atoms with Gasteiger partial charge in [0, 0.05) is 16.2 Å². The van der Waals surface area contributed by atoms with Crippen molar-refractivity contribution >= 4 is 52.5 Å². The highest BCUT2D eigenvalue weighted by atomic mass is 127. The van der Waals surface area contributed by atoms with Crippen molar-refractivity contribution in [2.24, 2.45) is 5.92 Å². The lowest BCUT2D eigenvalue weighted by Crippen LogP contribution is -2.50. The molecule has 1 heterocycles. The number of amides is 1. The highest BCUT2D eigenvalue weighted by Crippen LogP contribution is 2.20. The molecule has 1 aliphatic heterocycles. The van der Waals surface area contributed by atoms with Gasteiger partial charge in [-0.1, -0.05) is 18.5 Å². The second-order valence-electron chi connectivity index (χ2n) is 4.67. The minimum absolute atomic E-state index is 0. The van der Waals surface area contributed by atoms with Crippen LogP contribution >= 0.6 is 46.6 Å². The van der Waals surface area contributed by atoms with Crippen LogP contribution in [0.15, 0.2) is 18.2 Å². The van der Waals surface area contributed by atoms with E-state index in [2.05, 4.69) is 40.1 Å². The monoisotopic (exact) mass is 414 g/mol. The first-order valence-corrected chi connectivity index (χ1v) is 7.50. The predicted octanol–water partition coefficient (Wildman–Crippen LogP) is 3.09. The molecule has 1 aromatic rings. The smallest absolute Gasteiger partial charge is 0.253 e. The summed E-state index contributed by atoms with van der Waals surface area (Å²) in [5.41, 5.74) is 0.551. The summed E-state index contributed by atoms with van der Waals surface area (Å²) in [6, 6.07) is 5.66. The van der Waals surface area contributed by atoms with E-state index < -0.39 is 0 Å². The molecule has 2 N–H and O–H groups in total. The fourth-order valence-electron chi connectivity index (χ4n) is 2.10. The molecule has 0 spiro atoms. The fourth-order valence-corrected chi connectivity index (χ4v) is 3.04. The van der Waals surface area contributed by atoms with E-state index in [9.17, 15) is 4.79 Å². The molecule has 106 valence electrons. The van der Waals surface area contributed by atoms with Crippen molar-refractivity contribution in [2.75, 3.05) is 13.1 Å². The molecule has 1 amide bonds. The number of halogens is 3. The molecule has 1 aromatic carbocycles. The quantitative estimate of drug-likeness (QED) is 0.730. The normalized spacial score (nSPS) is 22.5. The van der Waals surface area contributed by atoms with Crippen molar-refractivity contribution in [3.63, 3.8) is 0 Å². The Labute approximate surface area is 138 Å². The van der Waals surface area contributed by atoms with Gasteiger partial charge in [0.2, 0.25) is 0 Å². The van der Waals surface area contributed by atoms with Crippen LogP contribution in [0.3, 0.4) is 0 Å². The summed E-state index contributed by atoms with van der Waals surface area (Å²) in [5, 5.41) is 6.86. The van der Waals surface area contributed by atoms with Gasteiger partial charge in [-0.05, 0) is 59.7 Å². The van der Waals surface area contributed by atoms with E-state index in [1.54, 1.807) is 12.1 Å². The Morgan fingerprint density at radius 1 is 1.53 bits per heavy atom. The number of carbonyl (C=O) groups excluding carboxylic acids is 1. The molecule has 1 aliphatic rings. The second kappa shape index (κ2) is 7.67. The zero-order valence-corrected chi connectivity index (χ0v) is 14.3. The van der Waals surface area contributed by atoms with Gasteiger partial charge in [0.05, 0.1) is 10.6 Å². The lowest BCUT2D eigenvalue weighted by molar-refractivity contribution is 0.0915. The van der Waals surface area contributed by atoms with Crippen LogP contribution in [0, 0.1) is 9.49 Å². The number of nitrogens with one attached hydrogen (secondary N) is 2. The van der Waals surface area contributed by atoms with Crippen LogP contribution in [0.5, 0.6) is 0 Å². The van der Waals surface area contributed by atoms with Gasteiger partial charge in [-0.25, -0.2) is 0 Å². The van der Waals surface area contributed by atoms with Crippen molar-refractivity contribution in [3.8, 4) is 0 Å². The highest BCUT2D eigenvalue weighted by molar-refractivity contribution is 14.1. The van der Waals surface area contributed by atoms with Gasteiger partial charge in [0.15, 0.2) is 0 Å². The van der Waals surface area contributed by atoms with Crippen molar-refractivity contribution in [3.05, 3.63) is 32.4 Å². The molecule has 2 rings (SSSR count). The van der Waals surface area contributed by atoms with Gasteiger partial charge >= 0.3 is 0 Å². The average molecular weight is 415 g/mol. The maximum atomic E-state index is 12.2. The number of piperidine rings is 1. The summed E-state index contributed by atoms with van der Waals surface area (Å²) in [6.45, 7) is 4.02. The molecule has 2 atom stereocenters. The van der Waals surface area contributed by atoms with E-state index in [0.717, 1.165) is 23.1 Å². The molecular formula is C13H17Cl2IN2O. The molecule has 0 bridgehead atoms. The van der Waals surface area contributed by atoms with E-state index in [1.807, 2.05) is 6.07 Å². The molecule has 19 heavy (non-hydrogen) atoms. The first kappa shape index (κ1) is 17.0. The van der Waals surface area contributed by atoms with E-state index in [0.29, 0.717) is 16.5 Å². The Balaban J connectivity index is 0.00000180. The number of rotatable bonds is 2. The molecule has 0 radical (unpaired) electrons. The second-order valence-corrected chi connectivity index (χ2v) is 6.33. The summed E-state index contributed by atoms with van der Waals surface area (Å²) in [7, 11) is 0. The molecule has 0 aromatic heterocycles. The largest absolute Gasteiger partial charge is 0.348 e. The fraction of sp³-hybridized carbons (Fsp3) is 0.462. The minimum atomic E-state index is -0.0862. The van der Waals surface area contributed by atoms with Crippen LogP contribution in [0.4, 0.5) is 0 Å². The van der Waals surface area contributed by atoms with Crippen LogP contribution in [0.25, 0.3) is 0 Å². The average Bonchev–Trinajstić information content (AvgIpc) is 2.32. The van der Waals surface area contributed by atoms with Crippen molar-refractivity contribution in [1.82, 2.24) is 10.6 Å². The van der Waals surface area contributed by atoms with Crippen LogP contribution in [-0.4, -0.2) is 25.0 Å². The van der Waals surface area contributed by atoms with Crippen molar-refractivity contribution < 1.29 is 4.79 Å². The molecule has 3 nitrogen and oxygen atoms in total. The lowest BCUT2D eigenvalue weighted by Gasteiger charge is -2.30. The molecule has 1 fully saturated rings. The summed E-state index contributed by atoms with van der Waals surface area (Å²) >= 11 is 8.28. The van der Waals surface area contributed by atoms with Gasteiger partial charge in [0.25, 0.3) is 5.91 Å². The van der Waals surface area contributed by atoms with Crippen LogP contribution < -0.4 is 10.6 Å². The topological polar surface area (TPSA) is 41.1 Å². The van der Waals surface area contributed by atoms with Gasteiger partial charge in [-0.3, -0.25) is 4.79 Å². The van der Waals surface area contributed by atoms with E-state index >= 15 is 0 Å². The van der Waals surface area contributed by atoms with Gasteiger partial charge in [-0.15, -0.1) is 12.4 Å². The Morgan fingerprint density at radius 2 is 2.26 bits per heavy atom. The first-order valence-electron chi connectivity index (χ1n) is 6.04. The number of hydrogen-bond acceptors (Lipinski definition) is 2. The van der Waals surface area contributed by atoms with E-state index in [-0.39, 0.29) is 24.4 Å². The Kier molecular flexibility index (Phi) is 6.86. The van der Waals surface area contributed by atoms with Crippen LogP contribution in [0.2, 0.25) is 5.02 Å². The van der Waals surface area contributed by atoms with Gasteiger partial charge in [-0.2, -0.15) is 0 Å². The number of carbonyl (C=O) groups is 1. The molecule has 0 aliphatic carbocycles. The molecule has 1 saturated heterocycles. The number of benzene rings is 1. The third-order valence-corrected chi connectivity index (χ3v) is 4.30. The Bertz CT molecular complexity index is 456. The summed E-state index contributed by atoms with van der Waals surface area (Å²) in [5.74, 6) is 0.412. The van der Waals surface area contributed by atoms with E-state index in [4.69, 9.17) is 11.6 Å². The van der Waals surface area contributed by atoms with Gasteiger partial charge < -0.3 is 10.6 Å². The Morgan fingerprint density at radius 3 is 2.89 bits per heavy atom. The summed E-state index contributed by atoms with van der Waals surface area (Å²) in [4.78, 5) is 12.2. The molecule has 6 heteroatoms. The van der Waals surface area contributed by atoms with Crippen LogP contribution in [-0.2, 0) is 0 Å². The molecule has 2 unspecified atom stereocenters. The van der Waals surface area contributed by atoms with E-state index in [1.165, 1.54) is 0 Å². The zero-order valence-electron chi connectivity index (χ0n) is 10.6. The standard InChI is InChI=1S/C13H16ClIN2O.ClH/c1-8-4-5-16-7-12(8)17-13(18)10-3-2-9(15)6-11(10)14;/h2-3,6,8,12,16H,4-5,7H2,1H3,(H,17,18);1H. The maximum Gasteiger partial charge on any atom is 0.253 e. The maximum absolute atomic E-state index is 12.2. The first-order chi connectivity index (χ1) is 8.58. The third-order valence-electron chi connectivity index (χ3n) is 3.32. The zero-order chi connectivity index (χ0) is 13.1. The highest BCUT2D eigenvalue weighted by Gasteiger charge is 2.23. The van der Waals surface area contributed by atoms with Crippen molar-refractivity contribution in [2.45, 2.75) is 19.4 Å². The summed E-state index contributed by atoms with van der Waals surface area (Å²) < 4.78 is 1.03. The minimum Gasteiger partial charge on any atom is -0.348 e. The lowest BCUT2D eigenvalue weighted by atomic mass is 9.94. The summed E-state index contributed by atoms with van der Waals surface area (Å²) in [6.07, 6.45) is 1.09. The predicted molar refractivity (Wildman–Crippen MR) is 89.3 cm³/mol. The third kappa shape index (κ3) is 4.48. The SMILES string of the molecule is CC1CCNCC1NC(=O)c1ccc(I)cc1Cl.Cl. The van der Waals surface area contributed by atoms with Gasteiger partial charge in [0.1, 0.15) is 0 Å². The van der Waals surface area contributed by atoms with Crippen molar-refractivity contribution in [1.29, 1.82) is 0 Å².